The zero-order chi connectivity index (χ0) is 15.5. The van der Waals surface area contributed by atoms with E-state index in [1.165, 1.54) is 6.26 Å². The summed E-state index contributed by atoms with van der Waals surface area (Å²) in [7, 11) is -3.05. The van der Waals surface area contributed by atoms with Crippen LogP contribution in [0.2, 0.25) is 0 Å². The molecule has 0 unspecified atom stereocenters. The van der Waals surface area contributed by atoms with E-state index in [0.29, 0.717) is 19.1 Å². The van der Waals surface area contributed by atoms with Crippen LogP contribution in [-0.4, -0.2) is 61.1 Å². The fourth-order valence-corrected chi connectivity index (χ4v) is 3.81. The number of aromatic nitrogens is 1. The zero-order valence-corrected chi connectivity index (χ0v) is 14.5. The Morgan fingerprint density at radius 2 is 2.00 bits per heavy atom. The van der Waals surface area contributed by atoms with Gasteiger partial charge in [0.25, 0.3) is 0 Å². The Bertz CT molecular complexity index is 548. The van der Waals surface area contributed by atoms with Crippen molar-refractivity contribution in [1.29, 1.82) is 0 Å². The summed E-state index contributed by atoms with van der Waals surface area (Å²) in [5.41, 5.74) is 1.08. The van der Waals surface area contributed by atoms with Gasteiger partial charge in [-0.2, -0.15) is 4.31 Å². The summed E-state index contributed by atoms with van der Waals surface area (Å²) in [5, 5.41) is 6.56. The van der Waals surface area contributed by atoms with Gasteiger partial charge in [-0.15, -0.1) is 11.3 Å². The first-order valence-electron chi connectivity index (χ1n) is 7.19. The minimum absolute atomic E-state index is 0.460. The van der Waals surface area contributed by atoms with Crippen molar-refractivity contribution < 1.29 is 8.42 Å². The van der Waals surface area contributed by atoms with Gasteiger partial charge in [0.15, 0.2) is 0 Å². The van der Waals surface area contributed by atoms with Crippen LogP contribution in [-0.2, 0) is 23.1 Å². The summed E-state index contributed by atoms with van der Waals surface area (Å²) in [6.45, 7) is 8.54. The van der Waals surface area contributed by atoms with Gasteiger partial charge in [-0.3, -0.25) is 4.90 Å². The number of nitrogens with zero attached hydrogens (tertiary/aromatic N) is 3. The van der Waals surface area contributed by atoms with Crippen molar-refractivity contribution in [3.8, 4) is 0 Å². The Kier molecular flexibility index (Phi) is 5.73. The van der Waals surface area contributed by atoms with Crippen molar-refractivity contribution in [1.82, 2.24) is 19.5 Å². The number of piperazine rings is 1. The second-order valence-electron chi connectivity index (χ2n) is 5.71. The fourth-order valence-electron chi connectivity index (χ4n) is 2.24. The van der Waals surface area contributed by atoms with Gasteiger partial charge >= 0.3 is 0 Å². The molecule has 1 saturated heterocycles. The highest BCUT2D eigenvalue weighted by atomic mass is 32.2. The third kappa shape index (κ3) is 5.30. The quantitative estimate of drug-likeness (QED) is 0.831. The second kappa shape index (κ2) is 7.15. The number of thiazole rings is 1. The number of hydrogen-bond donors (Lipinski definition) is 1. The summed E-state index contributed by atoms with van der Waals surface area (Å²) in [6.07, 6.45) is 1.27. The smallest absolute Gasteiger partial charge is 0.211 e. The van der Waals surface area contributed by atoms with Gasteiger partial charge in [-0.25, -0.2) is 13.4 Å². The van der Waals surface area contributed by atoms with E-state index in [4.69, 9.17) is 0 Å². The molecule has 0 aliphatic carbocycles. The summed E-state index contributed by atoms with van der Waals surface area (Å²) < 4.78 is 24.5. The summed E-state index contributed by atoms with van der Waals surface area (Å²) in [6, 6.07) is 0.460. The first-order valence-corrected chi connectivity index (χ1v) is 9.91. The molecular formula is C13H24N4O2S2. The second-order valence-corrected chi connectivity index (χ2v) is 8.63. The molecule has 0 amide bonds. The van der Waals surface area contributed by atoms with E-state index in [2.05, 4.69) is 34.4 Å². The van der Waals surface area contributed by atoms with Gasteiger partial charge in [-0.05, 0) is 0 Å². The van der Waals surface area contributed by atoms with E-state index in [-0.39, 0.29) is 0 Å². The van der Waals surface area contributed by atoms with Gasteiger partial charge < -0.3 is 5.32 Å². The predicted molar refractivity (Wildman–Crippen MR) is 85.8 cm³/mol. The lowest BCUT2D eigenvalue weighted by Gasteiger charge is -2.32. The lowest BCUT2D eigenvalue weighted by molar-refractivity contribution is 0.180. The van der Waals surface area contributed by atoms with E-state index >= 15 is 0 Å². The molecule has 0 spiro atoms. The molecule has 0 atom stereocenters. The van der Waals surface area contributed by atoms with Crippen molar-refractivity contribution in [3.63, 3.8) is 0 Å². The fraction of sp³-hybridized carbons (Fsp3) is 0.769. The average Bonchev–Trinajstić information content (AvgIpc) is 2.83. The van der Waals surface area contributed by atoms with Gasteiger partial charge in [-0.1, -0.05) is 13.8 Å². The van der Waals surface area contributed by atoms with Crippen LogP contribution < -0.4 is 5.32 Å². The molecule has 0 radical (unpaired) electrons. The molecule has 2 heterocycles. The van der Waals surface area contributed by atoms with E-state index < -0.39 is 10.0 Å². The normalized spacial score (nSPS) is 18.5. The third-order valence-corrected chi connectivity index (χ3v) is 5.65. The predicted octanol–water partition coefficient (Wildman–Crippen LogP) is 0.718. The molecular weight excluding hydrogens is 308 g/mol. The minimum atomic E-state index is -3.05. The van der Waals surface area contributed by atoms with Crippen LogP contribution in [0, 0.1) is 0 Å². The van der Waals surface area contributed by atoms with E-state index in [1.54, 1.807) is 15.6 Å². The van der Waals surface area contributed by atoms with Gasteiger partial charge in [0, 0.05) is 50.7 Å². The summed E-state index contributed by atoms with van der Waals surface area (Å²) in [4.78, 5) is 6.89. The first-order chi connectivity index (χ1) is 9.84. The van der Waals surface area contributed by atoms with Crippen LogP contribution in [0.1, 0.15) is 24.5 Å². The molecule has 1 N–H and O–H groups in total. The minimum Gasteiger partial charge on any atom is -0.308 e. The van der Waals surface area contributed by atoms with Crippen LogP contribution in [0.15, 0.2) is 5.38 Å². The van der Waals surface area contributed by atoms with Crippen LogP contribution in [0.3, 0.4) is 0 Å². The van der Waals surface area contributed by atoms with Gasteiger partial charge in [0.1, 0.15) is 5.01 Å². The number of hydrogen-bond acceptors (Lipinski definition) is 6. The van der Waals surface area contributed by atoms with Crippen molar-refractivity contribution in [2.45, 2.75) is 33.0 Å². The summed E-state index contributed by atoms with van der Waals surface area (Å²) >= 11 is 1.68. The number of rotatable bonds is 6. The third-order valence-electron chi connectivity index (χ3n) is 3.45. The Labute approximate surface area is 131 Å². The Balaban J connectivity index is 1.81. The topological polar surface area (TPSA) is 65.5 Å². The summed E-state index contributed by atoms with van der Waals surface area (Å²) in [5.74, 6) is 0. The van der Waals surface area contributed by atoms with E-state index in [9.17, 15) is 8.42 Å². The molecule has 1 fully saturated rings. The van der Waals surface area contributed by atoms with Crippen LogP contribution in [0.4, 0.5) is 0 Å². The van der Waals surface area contributed by atoms with Gasteiger partial charge in [0.05, 0.1) is 11.9 Å². The molecule has 8 heteroatoms. The Morgan fingerprint density at radius 1 is 1.33 bits per heavy atom. The molecule has 1 aliphatic heterocycles. The highest BCUT2D eigenvalue weighted by Crippen LogP contribution is 2.14. The molecule has 2 rings (SSSR count). The highest BCUT2D eigenvalue weighted by molar-refractivity contribution is 7.88. The van der Waals surface area contributed by atoms with Crippen LogP contribution >= 0.6 is 11.3 Å². The zero-order valence-electron chi connectivity index (χ0n) is 12.9. The van der Waals surface area contributed by atoms with Crippen molar-refractivity contribution >= 4 is 21.4 Å². The maximum Gasteiger partial charge on any atom is 0.211 e. The maximum absolute atomic E-state index is 11.5. The molecule has 0 bridgehead atoms. The molecule has 1 aliphatic rings. The van der Waals surface area contributed by atoms with Crippen molar-refractivity contribution in [3.05, 3.63) is 16.1 Å². The largest absolute Gasteiger partial charge is 0.308 e. The molecule has 6 nitrogen and oxygen atoms in total. The highest BCUT2D eigenvalue weighted by Gasteiger charge is 2.23. The lowest BCUT2D eigenvalue weighted by atomic mass is 10.3. The molecule has 1 aromatic rings. The molecule has 120 valence electrons. The molecule has 1 aromatic heterocycles. The molecule has 0 aromatic carbocycles. The molecule has 21 heavy (non-hydrogen) atoms. The van der Waals surface area contributed by atoms with Crippen molar-refractivity contribution in [2.24, 2.45) is 0 Å². The standard InChI is InChI=1S/C13H24N4O2S2/c1-11(2)14-8-13-15-12(10-20-13)9-16-4-6-17(7-5-16)21(3,18)19/h10-11,14H,4-9H2,1-3H3. The van der Waals surface area contributed by atoms with E-state index in [0.717, 1.165) is 36.9 Å². The monoisotopic (exact) mass is 332 g/mol. The average molecular weight is 332 g/mol. The number of nitrogens with one attached hydrogen (secondary N) is 1. The van der Waals surface area contributed by atoms with Crippen molar-refractivity contribution in [2.75, 3.05) is 32.4 Å². The Hall–Kier alpha value is -0.540. The Morgan fingerprint density at radius 3 is 2.57 bits per heavy atom. The maximum atomic E-state index is 11.5. The van der Waals surface area contributed by atoms with Crippen LogP contribution in [0.5, 0.6) is 0 Å². The van der Waals surface area contributed by atoms with Crippen LogP contribution in [0.25, 0.3) is 0 Å². The number of sulfonamides is 1. The lowest BCUT2D eigenvalue weighted by Crippen LogP contribution is -2.47. The van der Waals surface area contributed by atoms with E-state index in [1.807, 2.05) is 0 Å². The van der Waals surface area contributed by atoms with Gasteiger partial charge in [0.2, 0.25) is 10.0 Å². The SMILES string of the molecule is CC(C)NCc1nc(CN2CCN(S(C)(=O)=O)CC2)cs1. The first kappa shape index (κ1) is 16.8. The molecule has 0 saturated carbocycles.